The summed E-state index contributed by atoms with van der Waals surface area (Å²) in [5.74, 6) is 1.52. The van der Waals surface area contributed by atoms with E-state index in [2.05, 4.69) is 31.4 Å². The summed E-state index contributed by atoms with van der Waals surface area (Å²) in [5, 5.41) is 0.656. The number of thiol groups is 1. The Balaban J connectivity index is 2.17. The maximum atomic E-state index is 4.46. The van der Waals surface area contributed by atoms with Gasteiger partial charge in [0.2, 0.25) is 0 Å². The summed E-state index contributed by atoms with van der Waals surface area (Å²) >= 11 is 4.46. The maximum absolute atomic E-state index is 4.46. The summed E-state index contributed by atoms with van der Waals surface area (Å²) in [6.45, 7) is 8.05. The molecule has 0 N–H and O–H groups in total. The molecule has 0 spiro atoms. The number of nitrogens with zero attached hydrogens (tertiary/aromatic N) is 1. The molecule has 0 amide bonds. The summed E-state index contributed by atoms with van der Waals surface area (Å²) in [4.78, 5) is 2.52. The third-order valence-electron chi connectivity index (χ3n) is 2.10. The lowest BCUT2D eigenvalue weighted by molar-refractivity contribution is 0.242. The molecule has 0 bridgehead atoms. The normalized spacial score (nSPS) is 22.9. The van der Waals surface area contributed by atoms with Crippen LogP contribution in [0.4, 0.5) is 0 Å². The molecule has 1 heterocycles. The highest BCUT2D eigenvalue weighted by Gasteiger charge is 2.16. The molecule has 0 aliphatic carbocycles. The number of rotatable bonds is 2. The van der Waals surface area contributed by atoms with Gasteiger partial charge in [-0.1, -0.05) is 13.8 Å². The van der Waals surface area contributed by atoms with E-state index < -0.39 is 0 Å². The quantitative estimate of drug-likeness (QED) is 0.624. The Morgan fingerprint density at radius 3 is 2.36 bits per heavy atom. The van der Waals surface area contributed by atoms with Crippen LogP contribution < -0.4 is 0 Å². The van der Waals surface area contributed by atoms with Crippen LogP contribution in [0.5, 0.6) is 0 Å². The zero-order valence-electron chi connectivity index (χ0n) is 7.51. The Kier molecular flexibility index (Phi) is 3.73. The molecular formula is C9H18NS. The number of likely N-dealkylation sites (tertiary alicyclic amines) is 1. The van der Waals surface area contributed by atoms with Crippen LogP contribution in [-0.4, -0.2) is 29.8 Å². The lowest BCUT2D eigenvalue weighted by Crippen LogP contribution is -2.36. The van der Waals surface area contributed by atoms with Gasteiger partial charge >= 0.3 is 0 Å². The summed E-state index contributed by atoms with van der Waals surface area (Å²) in [6.07, 6.45) is 2.52. The molecule has 1 nitrogen and oxygen atoms in total. The van der Waals surface area contributed by atoms with Crippen LogP contribution in [-0.2, 0) is 0 Å². The molecule has 0 aromatic carbocycles. The fourth-order valence-corrected chi connectivity index (χ4v) is 1.76. The average Bonchev–Trinajstić information content (AvgIpc) is 1.93. The first-order chi connectivity index (χ1) is 5.18. The van der Waals surface area contributed by atoms with Gasteiger partial charge in [-0.05, 0) is 31.8 Å². The largest absolute Gasteiger partial charge is 0.303 e. The summed E-state index contributed by atoms with van der Waals surface area (Å²) < 4.78 is 0. The minimum atomic E-state index is 0.656. The van der Waals surface area contributed by atoms with Crippen LogP contribution in [0, 0.1) is 5.92 Å². The second-order valence-corrected chi connectivity index (χ2v) is 4.44. The second kappa shape index (κ2) is 4.36. The van der Waals surface area contributed by atoms with Gasteiger partial charge in [0, 0.05) is 11.8 Å². The number of piperidine rings is 1. The monoisotopic (exact) mass is 172 g/mol. The van der Waals surface area contributed by atoms with E-state index >= 15 is 0 Å². The Labute approximate surface area is 75.6 Å². The fourth-order valence-electron chi connectivity index (χ4n) is 1.52. The molecule has 1 fully saturated rings. The highest BCUT2D eigenvalue weighted by atomic mass is 32.1. The number of hydrogen-bond donors (Lipinski definition) is 1. The molecule has 0 aromatic rings. The van der Waals surface area contributed by atoms with E-state index in [4.69, 9.17) is 0 Å². The van der Waals surface area contributed by atoms with Crippen LogP contribution in [0.1, 0.15) is 26.7 Å². The molecule has 1 saturated heterocycles. The second-order valence-electron chi connectivity index (χ2n) is 3.71. The third-order valence-corrected chi connectivity index (χ3v) is 2.61. The Morgan fingerprint density at radius 1 is 1.36 bits per heavy atom. The van der Waals surface area contributed by atoms with Crippen molar-refractivity contribution in [3.05, 3.63) is 5.92 Å². The Bertz CT molecular complexity index is 106. The minimum Gasteiger partial charge on any atom is -0.303 e. The predicted molar refractivity (Wildman–Crippen MR) is 53.0 cm³/mol. The average molecular weight is 172 g/mol. The van der Waals surface area contributed by atoms with E-state index in [0.29, 0.717) is 5.25 Å². The van der Waals surface area contributed by atoms with E-state index in [-0.39, 0.29) is 0 Å². The fraction of sp³-hybridized carbons (Fsp3) is 0.889. The van der Waals surface area contributed by atoms with Crippen LogP contribution in [0.3, 0.4) is 0 Å². The van der Waals surface area contributed by atoms with Crippen LogP contribution >= 0.6 is 12.6 Å². The molecule has 1 rings (SSSR count). The van der Waals surface area contributed by atoms with Crippen molar-refractivity contribution >= 4 is 12.6 Å². The lowest BCUT2D eigenvalue weighted by atomic mass is 10.1. The maximum Gasteiger partial charge on any atom is 0.00411 e. The molecule has 0 unspecified atom stereocenters. The van der Waals surface area contributed by atoms with E-state index in [9.17, 15) is 0 Å². The molecule has 11 heavy (non-hydrogen) atoms. The van der Waals surface area contributed by atoms with Crippen molar-refractivity contribution in [3.8, 4) is 0 Å². The Hall–Kier alpha value is 0.310. The van der Waals surface area contributed by atoms with Crippen LogP contribution in [0.15, 0.2) is 0 Å². The topological polar surface area (TPSA) is 3.24 Å². The molecule has 1 radical (unpaired) electrons. The first-order valence-electron chi connectivity index (χ1n) is 4.38. The summed E-state index contributed by atoms with van der Waals surface area (Å²) in [7, 11) is 0. The van der Waals surface area contributed by atoms with E-state index in [1.807, 2.05) is 0 Å². The highest BCUT2D eigenvalue weighted by Crippen LogP contribution is 2.16. The van der Waals surface area contributed by atoms with E-state index in [1.54, 1.807) is 0 Å². The van der Waals surface area contributed by atoms with E-state index in [0.717, 1.165) is 0 Å². The third kappa shape index (κ3) is 3.48. The molecule has 1 aliphatic rings. The van der Waals surface area contributed by atoms with Gasteiger partial charge in [-0.3, -0.25) is 0 Å². The molecule has 0 atom stereocenters. The molecular weight excluding hydrogens is 154 g/mol. The van der Waals surface area contributed by atoms with Crippen LogP contribution in [0.2, 0.25) is 0 Å². The van der Waals surface area contributed by atoms with Gasteiger partial charge in [0.1, 0.15) is 0 Å². The standard InChI is InChI=1S/C9H18NS/c1-8(2)7-10-5-3-9(11)4-6-10/h9,11H,3-7H2,1-2H3. The lowest BCUT2D eigenvalue weighted by Gasteiger charge is -2.30. The van der Waals surface area contributed by atoms with Gasteiger partial charge in [-0.15, -0.1) is 0 Å². The highest BCUT2D eigenvalue weighted by molar-refractivity contribution is 7.80. The van der Waals surface area contributed by atoms with Crippen molar-refractivity contribution in [2.75, 3.05) is 19.6 Å². The summed E-state index contributed by atoms with van der Waals surface area (Å²) in [5.41, 5.74) is 0. The van der Waals surface area contributed by atoms with Crippen molar-refractivity contribution in [1.82, 2.24) is 4.90 Å². The van der Waals surface area contributed by atoms with Gasteiger partial charge < -0.3 is 4.90 Å². The van der Waals surface area contributed by atoms with Crippen LogP contribution in [0.25, 0.3) is 0 Å². The predicted octanol–water partition coefficient (Wildman–Crippen LogP) is 1.99. The first kappa shape index (κ1) is 9.40. The van der Waals surface area contributed by atoms with Crippen molar-refractivity contribution in [2.24, 2.45) is 0 Å². The summed E-state index contributed by atoms with van der Waals surface area (Å²) in [6, 6.07) is 0. The molecule has 1 aliphatic heterocycles. The molecule has 65 valence electrons. The molecule has 2 heteroatoms. The minimum absolute atomic E-state index is 0.656. The van der Waals surface area contributed by atoms with Gasteiger partial charge in [0.25, 0.3) is 0 Å². The number of hydrogen-bond acceptors (Lipinski definition) is 2. The zero-order valence-corrected chi connectivity index (χ0v) is 8.40. The molecule has 0 aromatic heterocycles. The van der Waals surface area contributed by atoms with Gasteiger partial charge in [0.15, 0.2) is 0 Å². The smallest absolute Gasteiger partial charge is 0.00411 e. The van der Waals surface area contributed by atoms with Crippen molar-refractivity contribution in [3.63, 3.8) is 0 Å². The SMILES string of the molecule is C[C](C)CN1CCC(S)CC1. The van der Waals surface area contributed by atoms with Crippen molar-refractivity contribution in [1.29, 1.82) is 0 Å². The van der Waals surface area contributed by atoms with Crippen molar-refractivity contribution in [2.45, 2.75) is 31.9 Å². The van der Waals surface area contributed by atoms with E-state index in [1.165, 1.54) is 38.4 Å². The Morgan fingerprint density at radius 2 is 1.91 bits per heavy atom. The van der Waals surface area contributed by atoms with Crippen molar-refractivity contribution < 1.29 is 0 Å². The van der Waals surface area contributed by atoms with Gasteiger partial charge in [-0.2, -0.15) is 12.6 Å². The molecule has 0 saturated carbocycles. The first-order valence-corrected chi connectivity index (χ1v) is 4.89. The zero-order chi connectivity index (χ0) is 8.27. The van der Waals surface area contributed by atoms with Gasteiger partial charge in [-0.25, -0.2) is 0 Å². The van der Waals surface area contributed by atoms with Gasteiger partial charge in [0.05, 0.1) is 0 Å².